The first kappa shape index (κ1) is 9.04. The Morgan fingerprint density at radius 2 is 2.00 bits per heavy atom. The zero-order valence-electron chi connectivity index (χ0n) is 8.76. The van der Waals surface area contributed by atoms with Gasteiger partial charge in [0.25, 0.3) is 0 Å². The van der Waals surface area contributed by atoms with E-state index < -0.39 is 0 Å². The van der Waals surface area contributed by atoms with Crippen molar-refractivity contribution in [2.45, 2.75) is 39.0 Å². The largest absolute Gasteiger partial charge is 0.266 e. The molecule has 0 N–H and O–H groups in total. The summed E-state index contributed by atoms with van der Waals surface area (Å²) < 4.78 is 2.62. The summed E-state index contributed by atoms with van der Waals surface area (Å²) in [6.45, 7) is 7.40. The minimum Gasteiger partial charge on any atom is -0.266 e. The lowest BCUT2D eigenvalue weighted by molar-refractivity contribution is -0.538. The topological polar surface area (TPSA) is 6.25 Å². The Kier molecular flexibility index (Phi) is 2.87. The van der Waals surface area contributed by atoms with Crippen LogP contribution in [0.5, 0.6) is 0 Å². The average molecular weight is 181 g/mol. The van der Waals surface area contributed by atoms with Crippen molar-refractivity contribution < 1.29 is 4.58 Å². The zero-order chi connectivity index (χ0) is 9.10. The van der Waals surface area contributed by atoms with Crippen LogP contribution in [0.15, 0.2) is 0 Å². The monoisotopic (exact) mass is 181 g/mol. The van der Waals surface area contributed by atoms with Crippen LogP contribution in [0.4, 0.5) is 0 Å². The minimum absolute atomic E-state index is 1.20. The summed E-state index contributed by atoms with van der Waals surface area (Å²) in [5.41, 5.74) is 0. The molecule has 13 heavy (non-hydrogen) atoms. The van der Waals surface area contributed by atoms with E-state index in [2.05, 4.69) is 16.4 Å². The zero-order valence-corrected chi connectivity index (χ0v) is 8.76. The van der Waals surface area contributed by atoms with E-state index in [9.17, 15) is 0 Å². The van der Waals surface area contributed by atoms with Crippen molar-refractivity contribution in [2.24, 2.45) is 0 Å². The molecule has 0 aromatic heterocycles. The second-order valence-electron chi connectivity index (χ2n) is 4.15. The van der Waals surface area contributed by atoms with Crippen LogP contribution in [0, 0.1) is 0 Å². The summed E-state index contributed by atoms with van der Waals surface area (Å²) >= 11 is 0. The molecule has 0 bridgehead atoms. The van der Waals surface area contributed by atoms with Crippen molar-refractivity contribution in [1.82, 2.24) is 4.90 Å². The number of amidine groups is 1. The van der Waals surface area contributed by atoms with Crippen molar-refractivity contribution in [1.29, 1.82) is 0 Å². The Balaban J connectivity index is 2.16. The highest BCUT2D eigenvalue weighted by molar-refractivity contribution is 5.77. The van der Waals surface area contributed by atoms with E-state index in [0.29, 0.717) is 0 Å². The summed E-state index contributed by atoms with van der Waals surface area (Å²) in [5, 5.41) is 0. The molecule has 0 fully saturated rings. The number of nitrogens with zero attached hydrogens (tertiary/aromatic N) is 2. The second kappa shape index (κ2) is 4.12. The molecule has 0 aliphatic carbocycles. The maximum absolute atomic E-state index is 2.62. The van der Waals surface area contributed by atoms with Crippen molar-refractivity contribution in [3.05, 3.63) is 0 Å². The summed E-state index contributed by atoms with van der Waals surface area (Å²) in [6.07, 6.45) is 6.92. The Hall–Kier alpha value is -0.530. The SMILES string of the molecule is CCN1CCC[N+]2=C1CCCCC2. The van der Waals surface area contributed by atoms with Gasteiger partial charge in [-0.2, -0.15) is 0 Å². The molecule has 2 heterocycles. The van der Waals surface area contributed by atoms with Crippen molar-refractivity contribution in [3.63, 3.8) is 0 Å². The molecular weight excluding hydrogens is 160 g/mol. The van der Waals surface area contributed by atoms with E-state index in [4.69, 9.17) is 0 Å². The highest BCUT2D eigenvalue weighted by Crippen LogP contribution is 2.14. The van der Waals surface area contributed by atoms with Gasteiger partial charge >= 0.3 is 0 Å². The summed E-state index contributed by atoms with van der Waals surface area (Å²) in [5.74, 6) is 1.64. The van der Waals surface area contributed by atoms with Crippen LogP contribution < -0.4 is 0 Å². The summed E-state index contributed by atoms with van der Waals surface area (Å²) in [7, 11) is 0. The number of rotatable bonds is 1. The Morgan fingerprint density at radius 1 is 1.15 bits per heavy atom. The van der Waals surface area contributed by atoms with Gasteiger partial charge in [-0.25, -0.2) is 0 Å². The molecule has 2 aliphatic heterocycles. The third-order valence-electron chi connectivity index (χ3n) is 3.30. The maximum atomic E-state index is 2.62. The van der Waals surface area contributed by atoms with Crippen LogP contribution in [0.2, 0.25) is 0 Å². The average Bonchev–Trinajstić information content (AvgIpc) is 2.41. The third kappa shape index (κ3) is 1.87. The fourth-order valence-electron chi connectivity index (χ4n) is 2.57. The normalized spacial score (nSPS) is 24.2. The van der Waals surface area contributed by atoms with Crippen LogP contribution >= 0.6 is 0 Å². The van der Waals surface area contributed by atoms with Gasteiger partial charge in [-0.05, 0) is 26.2 Å². The number of hydrogen-bond donors (Lipinski definition) is 0. The van der Waals surface area contributed by atoms with Gasteiger partial charge in [0.15, 0.2) is 0 Å². The van der Waals surface area contributed by atoms with E-state index in [1.165, 1.54) is 58.3 Å². The van der Waals surface area contributed by atoms with Crippen molar-refractivity contribution in [2.75, 3.05) is 26.2 Å². The standard InChI is InChI=1S/C11H21N2/c1-2-12-9-6-10-13-8-5-3-4-7-11(12)13/h2-10H2,1H3/q+1. The lowest BCUT2D eigenvalue weighted by Crippen LogP contribution is -2.43. The molecule has 2 heteroatoms. The molecule has 0 aromatic rings. The van der Waals surface area contributed by atoms with Gasteiger partial charge in [-0.15, -0.1) is 0 Å². The van der Waals surface area contributed by atoms with E-state index in [0.717, 1.165) is 0 Å². The molecule has 0 aromatic carbocycles. The van der Waals surface area contributed by atoms with Crippen LogP contribution in [0.3, 0.4) is 0 Å². The molecular formula is C11H21N2+. The van der Waals surface area contributed by atoms with Crippen LogP contribution in [-0.2, 0) is 0 Å². The molecule has 0 radical (unpaired) electrons. The van der Waals surface area contributed by atoms with Gasteiger partial charge in [0, 0.05) is 12.8 Å². The molecule has 0 unspecified atom stereocenters. The van der Waals surface area contributed by atoms with Gasteiger partial charge in [0.2, 0.25) is 5.84 Å². The lowest BCUT2D eigenvalue weighted by atomic mass is 10.2. The highest BCUT2D eigenvalue weighted by atomic mass is 15.3. The Labute approximate surface area is 81.2 Å². The van der Waals surface area contributed by atoms with Crippen LogP contribution in [0.1, 0.15) is 39.0 Å². The fourth-order valence-corrected chi connectivity index (χ4v) is 2.57. The van der Waals surface area contributed by atoms with E-state index in [-0.39, 0.29) is 0 Å². The van der Waals surface area contributed by atoms with E-state index >= 15 is 0 Å². The molecule has 2 nitrogen and oxygen atoms in total. The second-order valence-corrected chi connectivity index (χ2v) is 4.15. The lowest BCUT2D eigenvalue weighted by Gasteiger charge is -2.25. The quantitative estimate of drug-likeness (QED) is 0.558. The first-order valence-corrected chi connectivity index (χ1v) is 5.77. The van der Waals surface area contributed by atoms with Gasteiger partial charge < -0.3 is 0 Å². The molecule has 0 amide bonds. The van der Waals surface area contributed by atoms with Crippen molar-refractivity contribution >= 4 is 5.84 Å². The third-order valence-corrected chi connectivity index (χ3v) is 3.30. The molecule has 0 spiro atoms. The van der Waals surface area contributed by atoms with Gasteiger partial charge in [0.1, 0.15) is 0 Å². The molecule has 74 valence electrons. The predicted molar refractivity (Wildman–Crippen MR) is 55.3 cm³/mol. The summed E-state index contributed by atoms with van der Waals surface area (Å²) in [6, 6.07) is 0. The molecule has 0 atom stereocenters. The smallest absolute Gasteiger partial charge is 0.246 e. The van der Waals surface area contributed by atoms with Gasteiger partial charge in [-0.1, -0.05) is 0 Å². The minimum atomic E-state index is 1.20. The predicted octanol–water partition coefficient (Wildman–Crippen LogP) is 1.70. The first-order chi connectivity index (χ1) is 6.42. The van der Waals surface area contributed by atoms with E-state index in [1.807, 2.05) is 0 Å². The molecule has 2 aliphatic rings. The number of hydrogen-bond acceptors (Lipinski definition) is 1. The van der Waals surface area contributed by atoms with Crippen LogP contribution in [0.25, 0.3) is 0 Å². The molecule has 2 rings (SSSR count). The van der Waals surface area contributed by atoms with Gasteiger partial charge in [0.05, 0.1) is 26.2 Å². The fraction of sp³-hybridized carbons (Fsp3) is 0.909. The highest BCUT2D eigenvalue weighted by Gasteiger charge is 2.26. The first-order valence-electron chi connectivity index (χ1n) is 5.77. The summed E-state index contributed by atoms with van der Waals surface area (Å²) in [4.78, 5) is 2.58. The Bertz CT molecular complexity index is 208. The van der Waals surface area contributed by atoms with Crippen molar-refractivity contribution in [3.8, 4) is 0 Å². The molecule has 0 saturated carbocycles. The Morgan fingerprint density at radius 3 is 2.85 bits per heavy atom. The van der Waals surface area contributed by atoms with E-state index in [1.54, 1.807) is 5.84 Å². The van der Waals surface area contributed by atoms with Crippen LogP contribution in [-0.4, -0.2) is 41.5 Å². The van der Waals surface area contributed by atoms with Gasteiger partial charge in [-0.3, -0.25) is 9.48 Å². The maximum Gasteiger partial charge on any atom is 0.246 e. The molecule has 0 saturated heterocycles.